The van der Waals surface area contributed by atoms with Crippen molar-refractivity contribution in [3.63, 3.8) is 0 Å². The molecular formula is C16H21NO4. The Balaban J connectivity index is 1.39. The predicted octanol–water partition coefficient (Wildman–Crippen LogP) is 2.04. The van der Waals surface area contributed by atoms with Crippen LogP contribution in [-0.4, -0.2) is 31.3 Å². The summed E-state index contributed by atoms with van der Waals surface area (Å²) in [7, 11) is 0. The van der Waals surface area contributed by atoms with Crippen molar-refractivity contribution in [1.82, 2.24) is 5.32 Å². The van der Waals surface area contributed by atoms with E-state index in [1.54, 1.807) is 0 Å². The molecule has 1 N–H and O–H groups in total. The monoisotopic (exact) mass is 291 g/mol. The van der Waals surface area contributed by atoms with Crippen LogP contribution in [0.3, 0.4) is 0 Å². The van der Waals surface area contributed by atoms with Crippen LogP contribution >= 0.6 is 0 Å². The Kier molecular flexibility index (Phi) is 3.99. The molecular weight excluding hydrogens is 270 g/mol. The molecule has 0 radical (unpaired) electrons. The number of carbonyl (C=O) groups is 2. The van der Waals surface area contributed by atoms with Crippen molar-refractivity contribution in [2.45, 2.75) is 25.4 Å². The smallest absolute Gasteiger partial charge is 0.407 e. The molecule has 2 bridgehead atoms. The number of esters is 1. The Hall–Kier alpha value is -1.78. The van der Waals surface area contributed by atoms with Crippen molar-refractivity contribution >= 4 is 12.1 Å². The highest BCUT2D eigenvalue weighted by Crippen LogP contribution is 2.57. The van der Waals surface area contributed by atoms with Crippen molar-refractivity contribution in [3.05, 3.63) is 24.8 Å². The summed E-state index contributed by atoms with van der Waals surface area (Å²) in [5.41, 5.74) is 0. The van der Waals surface area contributed by atoms with Gasteiger partial charge >= 0.3 is 12.1 Å². The van der Waals surface area contributed by atoms with Crippen LogP contribution in [0.4, 0.5) is 4.79 Å². The SMILES string of the molecule is C=CC(=O)OCCNC(=O)OC1CC2CC1C1C=CCC21. The zero-order valence-corrected chi connectivity index (χ0v) is 12.0. The molecule has 0 aliphatic heterocycles. The predicted molar refractivity (Wildman–Crippen MR) is 76.4 cm³/mol. The topological polar surface area (TPSA) is 64.6 Å². The molecule has 5 unspecified atom stereocenters. The Morgan fingerprint density at radius 2 is 2.19 bits per heavy atom. The fraction of sp³-hybridized carbons (Fsp3) is 0.625. The number of hydrogen-bond donors (Lipinski definition) is 1. The van der Waals surface area contributed by atoms with Crippen LogP contribution in [0.25, 0.3) is 0 Å². The first-order valence-electron chi connectivity index (χ1n) is 7.59. The summed E-state index contributed by atoms with van der Waals surface area (Å²) in [6.45, 7) is 3.68. The number of amides is 1. The van der Waals surface area contributed by atoms with E-state index < -0.39 is 12.1 Å². The quantitative estimate of drug-likeness (QED) is 0.364. The molecule has 3 rings (SSSR count). The number of allylic oxidation sites excluding steroid dienone is 2. The number of carbonyl (C=O) groups excluding carboxylic acids is 2. The first kappa shape index (κ1) is 14.2. The Morgan fingerprint density at radius 1 is 1.33 bits per heavy atom. The van der Waals surface area contributed by atoms with Crippen LogP contribution in [0.5, 0.6) is 0 Å². The van der Waals surface area contributed by atoms with Gasteiger partial charge in [-0.15, -0.1) is 0 Å². The van der Waals surface area contributed by atoms with Crippen molar-refractivity contribution in [1.29, 1.82) is 0 Å². The Bertz CT molecular complexity index is 473. The van der Waals surface area contributed by atoms with Gasteiger partial charge in [0.25, 0.3) is 0 Å². The minimum atomic E-state index is -0.489. The molecule has 0 saturated heterocycles. The van der Waals surface area contributed by atoms with Gasteiger partial charge < -0.3 is 14.8 Å². The maximum absolute atomic E-state index is 11.8. The summed E-state index contributed by atoms with van der Waals surface area (Å²) in [6, 6.07) is 0. The minimum Gasteiger partial charge on any atom is -0.461 e. The van der Waals surface area contributed by atoms with E-state index in [1.807, 2.05) is 0 Å². The molecule has 2 saturated carbocycles. The fourth-order valence-electron chi connectivity index (χ4n) is 4.16. The first-order chi connectivity index (χ1) is 10.2. The van der Waals surface area contributed by atoms with Gasteiger partial charge in [-0.2, -0.15) is 0 Å². The zero-order chi connectivity index (χ0) is 14.8. The van der Waals surface area contributed by atoms with Gasteiger partial charge in [-0.25, -0.2) is 9.59 Å². The molecule has 2 fully saturated rings. The number of alkyl carbamates (subject to hydrolysis) is 1. The van der Waals surface area contributed by atoms with Crippen LogP contribution in [0.2, 0.25) is 0 Å². The summed E-state index contributed by atoms with van der Waals surface area (Å²) in [5, 5.41) is 2.62. The number of rotatable bonds is 5. The van der Waals surface area contributed by atoms with Crippen LogP contribution in [0, 0.1) is 23.7 Å². The van der Waals surface area contributed by atoms with E-state index in [0.717, 1.165) is 18.4 Å². The van der Waals surface area contributed by atoms with Gasteiger partial charge in [-0.3, -0.25) is 0 Å². The van der Waals surface area contributed by atoms with Gasteiger partial charge in [0.2, 0.25) is 0 Å². The lowest BCUT2D eigenvalue weighted by Crippen LogP contribution is -2.36. The third kappa shape index (κ3) is 2.82. The average Bonchev–Trinajstić information content (AvgIpc) is 3.15. The maximum Gasteiger partial charge on any atom is 0.407 e. The largest absolute Gasteiger partial charge is 0.461 e. The van der Waals surface area contributed by atoms with E-state index in [1.165, 1.54) is 12.8 Å². The highest BCUT2D eigenvalue weighted by Gasteiger charge is 2.53. The Labute approximate surface area is 124 Å². The first-order valence-corrected chi connectivity index (χ1v) is 7.59. The molecule has 0 aromatic carbocycles. The summed E-state index contributed by atoms with van der Waals surface area (Å²) in [6.07, 6.45) is 8.66. The fourth-order valence-corrected chi connectivity index (χ4v) is 4.16. The van der Waals surface area contributed by atoms with E-state index in [2.05, 4.69) is 24.0 Å². The molecule has 5 nitrogen and oxygen atoms in total. The summed E-state index contributed by atoms with van der Waals surface area (Å²) in [4.78, 5) is 22.6. The molecule has 0 heterocycles. The molecule has 5 heteroatoms. The van der Waals surface area contributed by atoms with E-state index in [-0.39, 0.29) is 19.3 Å². The lowest BCUT2D eigenvalue weighted by Gasteiger charge is -2.30. The Morgan fingerprint density at radius 3 is 3.00 bits per heavy atom. The van der Waals surface area contributed by atoms with Crippen LogP contribution in [0.15, 0.2) is 24.8 Å². The van der Waals surface area contributed by atoms with E-state index in [4.69, 9.17) is 9.47 Å². The minimum absolute atomic E-state index is 0.0368. The summed E-state index contributed by atoms with van der Waals surface area (Å²) < 4.78 is 10.3. The standard InChI is InChI=1S/C16H21NO4/c1-2-15(18)20-7-6-17-16(19)21-14-9-10-8-13(14)12-5-3-4-11(10)12/h2-3,5,10-14H,1,4,6-9H2,(H,17,19). The van der Waals surface area contributed by atoms with Crippen LogP contribution in [-0.2, 0) is 14.3 Å². The molecule has 3 aliphatic carbocycles. The van der Waals surface area contributed by atoms with Gasteiger partial charge in [0.05, 0.1) is 6.54 Å². The van der Waals surface area contributed by atoms with Crippen molar-refractivity contribution < 1.29 is 19.1 Å². The van der Waals surface area contributed by atoms with E-state index in [9.17, 15) is 9.59 Å². The van der Waals surface area contributed by atoms with Gasteiger partial charge in [0, 0.05) is 12.0 Å². The second-order valence-corrected chi connectivity index (χ2v) is 6.04. The molecule has 114 valence electrons. The third-order valence-corrected chi connectivity index (χ3v) is 4.99. The van der Waals surface area contributed by atoms with E-state index in [0.29, 0.717) is 17.8 Å². The van der Waals surface area contributed by atoms with Gasteiger partial charge in [-0.1, -0.05) is 18.7 Å². The molecule has 0 aromatic rings. The zero-order valence-electron chi connectivity index (χ0n) is 12.0. The molecule has 5 atom stereocenters. The van der Waals surface area contributed by atoms with Gasteiger partial charge in [0.1, 0.15) is 12.7 Å². The lowest BCUT2D eigenvalue weighted by molar-refractivity contribution is -0.137. The molecule has 21 heavy (non-hydrogen) atoms. The second kappa shape index (κ2) is 5.92. The van der Waals surface area contributed by atoms with Crippen molar-refractivity contribution in [2.75, 3.05) is 13.2 Å². The average molecular weight is 291 g/mol. The summed E-state index contributed by atoms with van der Waals surface area (Å²) in [5.74, 6) is 2.10. The normalized spacial score (nSPS) is 35.3. The van der Waals surface area contributed by atoms with Crippen molar-refractivity contribution in [3.8, 4) is 0 Å². The van der Waals surface area contributed by atoms with Gasteiger partial charge in [-0.05, 0) is 37.0 Å². The number of nitrogens with one attached hydrogen (secondary N) is 1. The van der Waals surface area contributed by atoms with Crippen LogP contribution in [0.1, 0.15) is 19.3 Å². The third-order valence-electron chi connectivity index (χ3n) is 4.99. The second-order valence-electron chi connectivity index (χ2n) is 6.04. The van der Waals surface area contributed by atoms with Gasteiger partial charge in [0.15, 0.2) is 0 Å². The highest BCUT2D eigenvalue weighted by molar-refractivity contribution is 5.81. The number of ether oxygens (including phenoxy) is 2. The molecule has 0 aromatic heterocycles. The number of hydrogen-bond acceptors (Lipinski definition) is 4. The van der Waals surface area contributed by atoms with Crippen LogP contribution < -0.4 is 5.32 Å². The lowest BCUT2D eigenvalue weighted by atomic mass is 9.80. The summed E-state index contributed by atoms with van der Waals surface area (Å²) >= 11 is 0. The maximum atomic E-state index is 11.8. The molecule has 1 amide bonds. The van der Waals surface area contributed by atoms with E-state index >= 15 is 0 Å². The number of fused-ring (bicyclic) bond motifs is 5. The van der Waals surface area contributed by atoms with Crippen molar-refractivity contribution in [2.24, 2.45) is 23.7 Å². The molecule has 0 spiro atoms. The molecule has 3 aliphatic rings. The highest BCUT2D eigenvalue weighted by atomic mass is 16.6.